The Morgan fingerprint density at radius 1 is 1.52 bits per heavy atom. The Balaban J connectivity index is 1.89. The number of aliphatic hydroxyl groups is 1. The Bertz CT molecular complexity index is 752. The summed E-state index contributed by atoms with van der Waals surface area (Å²) in [6.07, 6.45) is -2.50. The van der Waals surface area contributed by atoms with E-state index >= 15 is 0 Å². The number of nitrogens with two attached hydrogens (primary N) is 1. The number of nitrogen functional groups attached to an aromatic ring is 1. The van der Waals surface area contributed by atoms with Crippen LogP contribution in [-0.2, 0) is 13.8 Å². The lowest BCUT2D eigenvalue weighted by atomic mass is 10.2. The average Bonchev–Trinajstić information content (AvgIpc) is 3.06. The number of phosphoric ester groups is 1. The number of H-pyrrole nitrogens is 1. The average molecular weight is 377 g/mol. The van der Waals surface area contributed by atoms with E-state index in [1.807, 2.05) is 6.92 Å². The lowest BCUT2D eigenvalue weighted by molar-refractivity contribution is -0.0216. The number of aliphatic hydroxyl groups excluding tert-OH is 1. The highest BCUT2D eigenvalue weighted by Crippen LogP contribution is 2.43. The Labute approximate surface area is 142 Å². The van der Waals surface area contributed by atoms with Crippen molar-refractivity contribution in [1.82, 2.24) is 9.97 Å². The number of ether oxygens (including phenoxy) is 1. The molecule has 0 spiro atoms. The van der Waals surface area contributed by atoms with Crippen molar-refractivity contribution in [2.75, 3.05) is 35.4 Å². The molecule has 3 rings (SSSR count). The number of phosphoric acid groups is 1. The minimum absolute atomic E-state index is 0.0496. The molecule has 1 aromatic heterocycles. The third kappa shape index (κ3) is 3.50. The highest BCUT2D eigenvalue weighted by Gasteiger charge is 2.45. The van der Waals surface area contributed by atoms with Crippen LogP contribution in [0.4, 0.5) is 17.5 Å². The summed E-state index contributed by atoms with van der Waals surface area (Å²) < 4.78 is 21.5. The van der Waals surface area contributed by atoms with E-state index in [0.29, 0.717) is 18.1 Å². The maximum absolute atomic E-state index is 12.2. The molecule has 0 amide bonds. The monoisotopic (exact) mass is 377 g/mol. The molecule has 13 heteroatoms. The van der Waals surface area contributed by atoms with Gasteiger partial charge in [-0.1, -0.05) is 0 Å². The zero-order chi connectivity index (χ0) is 18.4. The van der Waals surface area contributed by atoms with Gasteiger partial charge in [-0.15, -0.1) is 0 Å². The zero-order valence-corrected chi connectivity index (χ0v) is 14.3. The van der Waals surface area contributed by atoms with Crippen LogP contribution in [0.5, 0.6) is 0 Å². The first-order valence-electron chi connectivity index (χ1n) is 7.65. The predicted octanol–water partition coefficient (Wildman–Crippen LogP) is -1.46. The van der Waals surface area contributed by atoms with Crippen LogP contribution >= 0.6 is 7.82 Å². The van der Waals surface area contributed by atoms with Gasteiger partial charge in [0.25, 0.3) is 5.56 Å². The lowest BCUT2D eigenvalue weighted by Gasteiger charge is -2.25. The van der Waals surface area contributed by atoms with E-state index in [1.165, 1.54) is 0 Å². The van der Waals surface area contributed by atoms with Crippen molar-refractivity contribution in [1.29, 1.82) is 0 Å². The summed E-state index contributed by atoms with van der Waals surface area (Å²) in [5.74, 6) is 0.271. The minimum Gasteiger partial charge on any atom is -0.394 e. The standard InChI is InChI=1S/C12H20N5O7P/c1-2-16-5-17(10-9(16)11(19)15-12(13)14-10)8-3-6(7(4-18)23-8)24-25(20,21)22/h6-8,18H,2-5H2,1H3,(H2,20,21,22)(H3,13,14,15,19)/t6-,7+,8+/m0/s1. The maximum Gasteiger partial charge on any atom is 0.469 e. The number of anilines is 3. The molecule has 0 unspecified atom stereocenters. The zero-order valence-electron chi connectivity index (χ0n) is 13.4. The van der Waals surface area contributed by atoms with E-state index in [9.17, 15) is 14.5 Å². The number of hydrogen-bond acceptors (Lipinski definition) is 9. The van der Waals surface area contributed by atoms with Crippen LogP contribution in [0.25, 0.3) is 0 Å². The van der Waals surface area contributed by atoms with Gasteiger partial charge in [-0.3, -0.25) is 14.3 Å². The molecule has 0 aromatic carbocycles. The van der Waals surface area contributed by atoms with E-state index in [1.54, 1.807) is 9.80 Å². The van der Waals surface area contributed by atoms with Crippen LogP contribution < -0.4 is 21.1 Å². The molecule has 3 heterocycles. The third-order valence-electron chi connectivity index (χ3n) is 4.17. The van der Waals surface area contributed by atoms with Crippen LogP contribution in [0.1, 0.15) is 13.3 Å². The van der Waals surface area contributed by atoms with Crippen molar-refractivity contribution in [2.24, 2.45) is 0 Å². The highest BCUT2D eigenvalue weighted by molar-refractivity contribution is 7.46. The van der Waals surface area contributed by atoms with Crippen LogP contribution in [0.15, 0.2) is 4.79 Å². The molecule has 0 aliphatic carbocycles. The molecule has 6 N–H and O–H groups in total. The number of aromatic amines is 1. The van der Waals surface area contributed by atoms with Gasteiger partial charge in [-0.2, -0.15) is 4.98 Å². The second kappa shape index (κ2) is 6.56. The summed E-state index contributed by atoms with van der Waals surface area (Å²) in [5, 5.41) is 9.40. The molecule has 2 aliphatic rings. The van der Waals surface area contributed by atoms with Crippen molar-refractivity contribution >= 4 is 25.3 Å². The fourth-order valence-corrected chi connectivity index (χ4v) is 3.68. The molecule has 0 saturated carbocycles. The summed E-state index contributed by atoms with van der Waals surface area (Å²) in [4.78, 5) is 40.2. The van der Waals surface area contributed by atoms with E-state index in [-0.39, 0.29) is 24.6 Å². The van der Waals surface area contributed by atoms with Gasteiger partial charge in [0.05, 0.1) is 13.3 Å². The second-order valence-electron chi connectivity index (χ2n) is 5.77. The van der Waals surface area contributed by atoms with E-state index in [4.69, 9.17) is 24.8 Å². The predicted molar refractivity (Wildman–Crippen MR) is 86.9 cm³/mol. The quantitative estimate of drug-likeness (QED) is 0.379. The smallest absolute Gasteiger partial charge is 0.394 e. The van der Waals surface area contributed by atoms with Crippen molar-refractivity contribution in [2.45, 2.75) is 31.8 Å². The number of nitrogens with zero attached hydrogens (tertiary/aromatic N) is 3. The van der Waals surface area contributed by atoms with Crippen LogP contribution in [0.3, 0.4) is 0 Å². The Morgan fingerprint density at radius 2 is 2.24 bits per heavy atom. The summed E-state index contributed by atoms with van der Waals surface area (Å²) >= 11 is 0. The molecular formula is C12H20N5O7P. The first-order chi connectivity index (χ1) is 11.7. The Hall–Kier alpha value is -1.69. The fraction of sp³-hybridized carbons (Fsp3) is 0.667. The van der Waals surface area contributed by atoms with Gasteiger partial charge in [0, 0.05) is 13.0 Å². The lowest BCUT2D eigenvalue weighted by Crippen LogP contribution is -2.39. The van der Waals surface area contributed by atoms with Gasteiger partial charge in [0.15, 0.2) is 5.82 Å². The van der Waals surface area contributed by atoms with Gasteiger partial charge in [0.2, 0.25) is 5.95 Å². The molecule has 1 saturated heterocycles. The molecule has 12 nitrogen and oxygen atoms in total. The molecule has 0 bridgehead atoms. The number of aromatic nitrogens is 2. The topological polar surface area (TPSA) is 174 Å². The first kappa shape index (κ1) is 18.1. The number of fused-ring (bicyclic) bond motifs is 1. The van der Waals surface area contributed by atoms with Crippen molar-refractivity contribution in [3.63, 3.8) is 0 Å². The fourth-order valence-electron chi connectivity index (χ4n) is 3.11. The van der Waals surface area contributed by atoms with Crippen LogP contribution in [-0.4, -0.2) is 63.1 Å². The highest BCUT2D eigenvalue weighted by atomic mass is 31.2. The number of nitrogens with one attached hydrogen (secondary N) is 1. The molecule has 140 valence electrons. The van der Waals surface area contributed by atoms with Gasteiger partial charge >= 0.3 is 7.82 Å². The molecular weight excluding hydrogens is 357 g/mol. The summed E-state index contributed by atoms with van der Waals surface area (Å²) in [6.45, 7) is 2.23. The van der Waals surface area contributed by atoms with Crippen molar-refractivity contribution in [3.05, 3.63) is 10.4 Å². The molecule has 25 heavy (non-hydrogen) atoms. The molecule has 3 atom stereocenters. The molecule has 1 aromatic rings. The van der Waals surface area contributed by atoms with Crippen molar-refractivity contribution < 1.29 is 28.7 Å². The largest absolute Gasteiger partial charge is 0.469 e. The van der Waals surface area contributed by atoms with Gasteiger partial charge in [-0.25, -0.2) is 4.57 Å². The van der Waals surface area contributed by atoms with E-state index in [2.05, 4.69) is 9.97 Å². The van der Waals surface area contributed by atoms with E-state index < -0.39 is 32.9 Å². The minimum atomic E-state index is -4.73. The number of hydrogen-bond donors (Lipinski definition) is 5. The first-order valence-corrected chi connectivity index (χ1v) is 9.18. The van der Waals surface area contributed by atoms with Crippen LogP contribution in [0, 0.1) is 0 Å². The van der Waals surface area contributed by atoms with Gasteiger partial charge in [-0.05, 0) is 6.92 Å². The summed E-state index contributed by atoms with van der Waals surface area (Å²) in [5.41, 5.74) is 5.59. The van der Waals surface area contributed by atoms with Gasteiger partial charge < -0.3 is 35.2 Å². The second-order valence-corrected chi connectivity index (χ2v) is 6.96. The van der Waals surface area contributed by atoms with Crippen molar-refractivity contribution in [3.8, 4) is 0 Å². The summed E-state index contributed by atoms with van der Waals surface area (Å²) in [7, 11) is -4.73. The molecule has 1 fully saturated rings. The number of rotatable bonds is 5. The SMILES string of the molecule is CCN1CN([C@H]2C[C@H](OP(=O)(O)O)[C@@H](CO)O2)c2nc(N)[nH]c(=O)c21. The van der Waals surface area contributed by atoms with Crippen LogP contribution in [0.2, 0.25) is 0 Å². The normalized spacial score (nSPS) is 26.3. The molecule has 0 radical (unpaired) electrons. The maximum atomic E-state index is 12.2. The Kier molecular flexibility index (Phi) is 4.75. The summed E-state index contributed by atoms with van der Waals surface area (Å²) in [6, 6.07) is 0. The Morgan fingerprint density at radius 3 is 2.84 bits per heavy atom. The third-order valence-corrected chi connectivity index (χ3v) is 4.71. The van der Waals surface area contributed by atoms with E-state index in [0.717, 1.165) is 0 Å². The molecule has 2 aliphatic heterocycles. The van der Waals surface area contributed by atoms with Gasteiger partial charge in [0.1, 0.15) is 24.1 Å².